The van der Waals surface area contributed by atoms with Crippen molar-refractivity contribution in [1.82, 2.24) is 14.8 Å². The highest BCUT2D eigenvalue weighted by molar-refractivity contribution is 7.99. The van der Waals surface area contributed by atoms with E-state index in [0.717, 1.165) is 29.7 Å². The quantitative estimate of drug-likeness (QED) is 0.625. The number of nitrogens with zero attached hydrogens (tertiary/aromatic N) is 3. The van der Waals surface area contributed by atoms with Crippen molar-refractivity contribution in [2.75, 3.05) is 5.75 Å². The highest BCUT2D eigenvalue weighted by Crippen LogP contribution is 2.28. The molecule has 0 aliphatic rings. The number of hydrogen-bond donors (Lipinski definition) is 0. The van der Waals surface area contributed by atoms with Gasteiger partial charge in [-0.25, -0.2) is 0 Å². The monoisotopic (exact) mass is 315 g/mol. The molecule has 2 aromatic heterocycles. The number of thioether (sulfide) groups is 1. The summed E-state index contributed by atoms with van der Waals surface area (Å²) in [6.45, 7) is 3.00. The van der Waals surface area contributed by atoms with Crippen LogP contribution in [0.2, 0.25) is 0 Å². The molecule has 108 valence electrons. The maximum atomic E-state index is 4.41. The molecule has 0 aliphatic heterocycles. The summed E-state index contributed by atoms with van der Waals surface area (Å²) in [6.07, 6.45) is 1.14. The Morgan fingerprint density at radius 2 is 1.95 bits per heavy atom. The number of hydrogen-bond acceptors (Lipinski definition) is 4. The molecule has 0 amide bonds. The summed E-state index contributed by atoms with van der Waals surface area (Å²) in [5.41, 5.74) is 1.27. The van der Waals surface area contributed by atoms with Crippen molar-refractivity contribution < 1.29 is 0 Å². The molecule has 0 saturated carbocycles. The predicted molar refractivity (Wildman–Crippen MR) is 89.9 cm³/mol. The minimum absolute atomic E-state index is 0.813. The molecule has 1 aromatic carbocycles. The van der Waals surface area contributed by atoms with Crippen molar-refractivity contribution in [2.45, 2.75) is 25.0 Å². The third-order valence-electron chi connectivity index (χ3n) is 3.08. The van der Waals surface area contributed by atoms with Gasteiger partial charge < -0.3 is 0 Å². The molecule has 2 heterocycles. The summed E-state index contributed by atoms with van der Waals surface area (Å²) in [6, 6.07) is 14.6. The highest BCUT2D eigenvalue weighted by atomic mass is 32.2. The van der Waals surface area contributed by atoms with Crippen molar-refractivity contribution in [3.63, 3.8) is 0 Å². The van der Waals surface area contributed by atoms with E-state index in [-0.39, 0.29) is 0 Å². The van der Waals surface area contributed by atoms with Gasteiger partial charge in [0.15, 0.2) is 11.0 Å². The van der Waals surface area contributed by atoms with Crippen LogP contribution in [-0.4, -0.2) is 20.5 Å². The van der Waals surface area contributed by atoms with Gasteiger partial charge >= 0.3 is 0 Å². The Balaban J connectivity index is 1.96. The minimum Gasteiger partial charge on any atom is -0.297 e. The summed E-state index contributed by atoms with van der Waals surface area (Å²) in [5.74, 6) is 2.03. The van der Waals surface area contributed by atoms with Gasteiger partial charge in [0.1, 0.15) is 0 Å². The molecule has 0 atom stereocenters. The fourth-order valence-electron chi connectivity index (χ4n) is 2.09. The standard InChI is InChI=1S/C16H17N3S2/c1-2-10-21-16-18-17-15(14-9-6-11-20-14)19(16)12-13-7-4-3-5-8-13/h3-9,11H,2,10,12H2,1H3. The Morgan fingerprint density at radius 3 is 2.67 bits per heavy atom. The van der Waals surface area contributed by atoms with Gasteiger partial charge in [-0.05, 0) is 23.4 Å². The third kappa shape index (κ3) is 3.36. The molecule has 5 heteroatoms. The molecule has 0 N–H and O–H groups in total. The molecule has 0 aliphatic carbocycles. The van der Waals surface area contributed by atoms with Crippen LogP contribution < -0.4 is 0 Å². The number of rotatable bonds is 6. The second-order valence-corrected chi connectivity index (χ2v) is 6.71. The number of benzene rings is 1. The van der Waals surface area contributed by atoms with Crippen LogP contribution in [0.1, 0.15) is 18.9 Å². The Morgan fingerprint density at radius 1 is 1.10 bits per heavy atom. The lowest BCUT2D eigenvalue weighted by atomic mass is 10.2. The van der Waals surface area contributed by atoms with E-state index in [9.17, 15) is 0 Å². The molecule has 0 spiro atoms. The van der Waals surface area contributed by atoms with Crippen molar-refractivity contribution in [1.29, 1.82) is 0 Å². The van der Waals surface area contributed by atoms with Gasteiger partial charge in [0.05, 0.1) is 11.4 Å². The molecular formula is C16H17N3S2. The summed E-state index contributed by atoms with van der Waals surface area (Å²) in [7, 11) is 0. The molecule has 0 unspecified atom stereocenters. The predicted octanol–water partition coefficient (Wildman–Crippen LogP) is 4.56. The van der Waals surface area contributed by atoms with Crippen LogP contribution in [0.15, 0.2) is 53.0 Å². The topological polar surface area (TPSA) is 30.7 Å². The first-order valence-corrected chi connectivity index (χ1v) is 8.89. The van der Waals surface area contributed by atoms with Crippen LogP contribution >= 0.6 is 23.1 Å². The lowest BCUT2D eigenvalue weighted by Gasteiger charge is -2.09. The molecule has 0 bridgehead atoms. The van der Waals surface area contributed by atoms with Crippen LogP contribution in [0, 0.1) is 0 Å². The van der Waals surface area contributed by atoms with Crippen molar-refractivity contribution >= 4 is 23.1 Å². The third-order valence-corrected chi connectivity index (χ3v) is 5.12. The first kappa shape index (κ1) is 14.4. The molecule has 0 saturated heterocycles. The van der Waals surface area contributed by atoms with E-state index in [1.165, 1.54) is 10.4 Å². The summed E-state index contributed by atoms with van der Waals surface area (Å²) >= 11 is 3.48. The Bertz CT molecular complexity index is 675. The number of aromatic nitrogens is 3. The molecule has 3 rings (SSSR count). The lowest BCUT2D eigenvalue weighted by molar-refractivity contribution is 0.715. The molecule has 21 heavy (non-hydrogen) atoms. The lowest BCUT2D eigenvalue weighted by Crippen LogP contribution is -2.03. The first-order valence-electron chi connectivity index (χ1n) is 7.02. The molecule has 0 fully saturated rings. The largest absolute Gasteiger partial charge is 0.297 e. The second kappa shape index (κ2) is 6.91. The average Bonchev–Trinajstić information content (AvgIpc) is 3.16. The fourth-order valence-corrected chi connectivity index (χ4v) is 3.59. The average molecular weight is 315 g/mol. The SMILES string of the molecule is CCCSc1nnc(-c2cccs2)n1Cc1ccccc1. The second-order valence-electron chi connectivity index (χ2n) is 4.70. The summed E-state index contributed by atoms with van der Waals surface area (Å²) in [4.78, 5) is 1.17. The van der Waals surface area contributed by atoms with E-state index < -0.39 is 0 Å². The first-order chi connectivity index (χ1) is 10.4. The van der Waals surface area contributed by atoms with Crippen LogP contribution in [-0.2, 0) is 6.54 Å². The van der Waals surface area contributed by atoms with Gasteiger partial charge in [-0.1, -0.05) is 55.1 Å². The summed E-state index contributed by atoms with van der Waals surface area (Å²) < 4.78 is 2.22. The summed E-state index contributed by atoms with van der Waals surface area (Å²) in [5, 5.41) is 11.9. The van der Waals surface area contributed by atoms with E-state index in [1.54, 1.807) is 23.1 Å². The van der Waals surface area contributed by atoms with Gasteiger partial charge in [-0.3, -0.25) is 4.57 Å². The molecule has 3 nitrogen and oxygen atoms in total. The zero-order valence-electron chi connectivity index (χ0n) is 11.9. The van der Waals surface area contributed by atoms with Crippen molar-refractivity contribution in [3.05, 3.63) is 53.4 Å². The van der Waals surface area contributed by atoms with Gasteiger partial charge in [0.25, 0.3) is 0 Å². The smallest absolute Gasteiger partial charge is 0.191 e. The fraction of sp³-hybridized carbons (Fsp3) is 0.250. The molecule has 0 radical (unpaired) electrons. The zero-order valence-corrected chi connectivity index (χ0v) is 13.5. The number of thiophene rings is 1. The maximum Gasteiger partial charge on any atom is 0.191 e. The maximum absolute atomic E-state index is 4.41. The minimum atomic E-state index is 0.813. The van der Waals surface area contributed by atoms with Crippen molar-refractivity contribution in [2.24, 2.45) is 0 Å². The van der Waals surface area contributed by atoms with Gasteiger partial charge in [-0.15, -0.1) is 21.5 Å². The van der Waals surface area contributed by atoms with Crippen LogP contribution in [0.5, 0.6) is 0 Å². The molecular weight excluding hydrogens is 298 g/mol. The van der Waals surface area contributed by atoms with E-state index in [2.05, 4.69) is 63.5 Å². The van der Waals surface area contributed by atoms with E-state index in [0.29, 0.717) is 0 Å². The van der Waals surface area contributed by atoms with Gasteiger partial charge in [-0.2, -0.15) is 0 Å². The highest BCUT2D eigenvalue weighted by Gasteiger charge is 2.15. The van der Waals surface area contributed by atoms with Crippen molar-refractivity contribution in [3.8, 4) is 10.7 Å². The zero-order chi connectivity index (χ0) is 14.5. The van der Waals surface area contributed by atoms with Gasteiger partial charge in [0, 0.05) is 5.75 Å². The Labute approximate surface area is 133 Å². The Kier molecular flexibility index (Phi) is 4.72. The van der Waals surface area contributed by atoms with E-state index in [4.69, 9.17) is 0 Å². The Hall–Kier alpha value is -1.59. The van der Waals surface area contributed by atoms with Crippen LogP contribution in [0.3, 0.4) is 0 Å². The van der Waals surface area contributed by atoms with Gasteiger partial charge in [0.2, 0.25) is 0 Å². The van der Waals surface area contributed by atoms with E-state index in [1.807, 2.05) is 6.07 Å². The molecule has 3 aromatic rings. The van der Waals surface area contributed by atoms with Crippen LogP contribution in [0.4, 0.5) is 0 Å². The van der Waals surface area contributed by atoms with E-state index >= 15 is 0 Å². The van der Waals surface area contributed by atoms with Crippen LogP contribution in [0.25, 0.3) is 10.7 Å². The normalized spacial score (nSPS) is 10.9.